The van der Waals surface area contributed by atoms with Gasteiger partial charge >= 0.3 is 0 Å². The number of nitrogens with zero attached hydrogens (tertiary/aromatic N) is 1. The largest absolute Gasteiger partial charge is 0.299 e. The van der Waals surface area contributed by atoms with Crippen LogP contribution in [0.2, 0.25) is 0 Å². The Bertz CT molecular complexity index is 126. The van der Waals surface area contributed by atoms with Gasteiger partial charge in [-0.05, 0) is 19.8 Å². The van der Waals surface area contributed by atoms with Crippen molar-refractivity contribution in [2.24, 2.45) is 0 Å². The Morgan fingerprint density at radius 2 is 2.09 bits per heavy atom. The van der Waals surface area contributed by atoms with Crippen molar-refractivity contribution in [2.45, 2.75) is 25.9 Å². The third kappa shape index (κ3) is 3.02. The van der Waals surface area contributed by atoms with Crippen LogP contribution in [0.4, 0.5) is 4.39 Å². The molecule has 1 aliphatic rings. The van der Waals surface area contributed by atoms with Gasteiger partial charge in [-0.15, -0.1) is 0 Å². The number of hydrogen-bond donors (Lipinski definition) is 0. The first kappa shape index (κ1) is 8.72. The zero-order valence-corrected chi connectivity index (χ0v) is 7.09. The van der Waals surface area contributed by atoms with Crippen molar-refractivity contribution >= 4 is 0 Å². The number of alkyl halides is 1. The summed E-state index contributed by atoms with van der Waals surface area (Å²) >= 11 is 0. The lowest BCUT2D eigenvalue weighted by Crippen LogP contribution is -2.34. The minimum atomic E-state index is -0.545. The van der Waals surface area contributed by atoms with Gasteiger partial charge in [0.15, 0.2) is 0 Å². The van der Waals surface area contributed by atoms with Gasteiger partial charge in [0.05, 0.1) is 0 Å². The molecule has 1 aliphatic heterocycles. The predicted molar refractivity (Wildman–Crippen MR) is 45.4 cm³/mol. The Morgan fingerprint density at radius 3 is 2.64 bits per heavy atom. The van der Waals surface area contributed by atoms with E-state index in [2.05, 4.69) is 11.0 Å². The van der Waals surface area contributed by atoms with Crippen molar-refractivity contribution in [1.82, 2.24) is 4.90 Å². The van der Waals surface area contributed by atoms with E-state index in [1.165, 1.54) is 0 Å². The van der Waals surface area contributed by atoms with E-state index in [4.69, 9.17) is 0 Å². The molecule has 0 saturated carbocycles. The van der Waals surface area contributed by atoms with E-state index in [-0.39, 0.29) is 0 Å². The highest BCUT2D eigenvalue weighted by atomic mass is 19.1. The fourth-order valence-electron chi connectivity index (χ4n) is 1.34. The number of halogens is 1. The van der Waals surface area contributed by atoms with Crippen molar-refractivity contribution in [1.29, 1.82) is 0 Å². The molecule has 1 saturated heterocycles. The van der Waals surface area contributed by atoms with E-state index >= 15 is 0 Å². The van der Waals surface area contributed by atoms with E-state index < -0.39 is 6.17 Å². The minimum absolute atomic E-state index is 0.545. The molecule has 64 valence electrons. The SMILES string of the molecule is C/C=C/CN1CCC(F)CC1. The highest BCUT2D eigenvalue weighted by molar-refractivity contribution is 4.83. The lowest BCUT2D eigenvalue weighted by Gasteiger charge is -2.27. The molecule has 11 heavy (non-hydrogen) atoms. The van der Waals surface area contributed by atoms with Gasteiger partial charge < -0.3 is 0 Å². The van der Waals surface area contributed by atoms with Gasteiger partial charge in [0.2, 0.25) is 0 Å². The van der Waals surface area contributed by atoms with Crippen molar-refractivity contribution in [3.05, 3.63) is 12.2 Å². The highest BCUT2D eigenvalue weighted by Crippen LogP contribution is 2.12. The molecule has 0 unspecified atom stereocenters. The first-order chi connectivity index (χ1) is 5.33. The maximum Gasteiger partial charge on any atom is 0.103 e. The Labute approximate surface area is 67.9 Å². The quantitative estimate of drug-likeness (QED) is 0.554. The average Bonchev–Trinajstić information content (AvgIpc) is 2.04. The molecule has 0 bridgehead atoms. The maximum absolute atomic E-state index is 12.6. The minimum Gasteiger partial charge on any atom is -0.299 e. The van der Waals surface area contributed by atoms with Crippen LogP contribution in [0.15, 0.2) is 12.2 Å². The van der Waals surface area contributed by atoms with Gasteiger partial charge in [-0.25, -0.2) is 4.39 Å². The normalized spacial score (nSPS) is 23.1. The Kier molecular flexibility index (Phi) is 3.57. The summed E-state index contributed by atoms with van der Waals surface area (Å²) in [5, 5.41) is 0. The number of rotatable bonds is 2. The molecule has 0 radical (unpaired) electrons. The molecule has 1 rings (SSSR count). The average molecular weight is 157 g/mol. The van der Waals surface area contributed by atoms with Gasteiger partial charge in [0.25, 0.3) is 0 Å². The molecule has 0 aromatic rings. The fourth-order valence-corrected chi connectivity index (χ4v) is 1.34. The molecule has 0 N–H and O–H groups in total. The summed E-state index contributed by atoms with van der Waals surface area (Å²) < 4.78 is 12.6. The van der Waals surface area contributed by atoms with Crippen LogP contribution in [0.1, 0.15) is 19.8 Å². The molecular formula is C9H16FN. The van der Waals surface area contributed by atoms with Gasteiger partial charge in [0.1, 0.15) is 6.17 Å². The van der Waals surface area contributed by atoms with Crippen LogP contribution in [0.5, 0.6) is 0 Å². The summed E-state index contributed by atoms with van der Waals surface area (Å²) in [6.45, 7) is 4.85. The molecule has 0 atom stereocenters. The van der Waals surface area contributed by atoms with Crippen LogP contribution in [0.25, 0.3) is 0 Å². The number of allylic oxidation sites excluding steroid dienone is 1. The first-order valence-electron chi connectivity index (χ1n) is 4.30. The Morgan fingerprint density at radius 1 is 1.45 bits per heavy atom. The molecule has 0 spiro atoms. The van der Waals surface area contributed by atoms with Crippen LogP contribution in [-0.4, -0.2) is 30.7 Å². The standard InChI is InChI=1S/C9H16FN/c1-2-3-6-11-7-4-9(10)5-8-11/h2-3,9H,4-8H2,1H3/b3-2+. The third-order valence-corrected chi connectivity index (χ3v) is 2.12. The van der Waals surface area contributed by atoms with E-state index in [0.29, 0.717) is 0 Å². The van der Waals surface area contributed by atoms with Crippen LogP contribution in [-0.2, 0) is 0 Å². The summed E-state index contributed by atoms with van der Waals surface area (Å²) in [5.41, 5.74) is 0. The second-order valence-electron chi connectivity index (χ2n) is 3.04. The summed E-state index contributed by atoms with van der Waals surface area (Å²) in [6, 6.07) is 0. The van der Waals surface area contributed by atoms with Crippen molar-refractivity contribution in [3.63, 3.8) is 0 Å². The molecule has 0 aromatic carbocycles. The topological polar surface area (TPSA) is 3.24 Å². The second kappa shape index (κ2) is 4.50. The summed E-state index contributed by atoms with van der Waals surface area (Å²) in [6.07, 6.45) is 5.06. The van der Waals surface area contributed by atoms with Crippen molar-refractivity contribution in [3.8, 4) is 0 Å². The molecule has 1 nitrogen and oxygen atoms in total. The van der Waals surface area contributed by atoms with Gasteiger partial charge in [-0.2, -0.15) is 0 Å². The summed E-state index contributed by atoms with van der Waals surface area (Å²) in [7, 11) is 0. The van der Waals surface area contributed by atoms with Crippen LogP contribution in [0.3, 0.4) is 0 Å². The van der Waals surface area contributed by atoms with Gasteiger partial charge in [-0.1, -0.05) is 12.2 Å². The Hall–Kier alpha value is -0.370. The van der Waals surface area contributed by atoms with Crippen LogP contribution >= 0.6 is 0 Å². The third-order valence-electron chi connectivity index (χ3n) is 2.12. The molecule has 0 aromatic heterocycles. The molecule has 1 fully saturated rings. The zero-order chi connectivity index (χ0) is 8.10. The lowest BCUT2D eigenvalue weighted by molar-refractivity contribution is 0.162. The van der Waals surface area contributed by atoms with Gasteiger partial charge in [0, 0.05) is 19.6 Å². The van der Waals surface area contributed by atoms with E-state index in [1.54, 1.807) is 0 Å². The van der Waals surface area contributed by atoms with Crippen molar-refractivity contribution in [2.75, 3.05) is 19.6 Å². The monoisotopic (exact) mass is 157 g/mol. The summed E-state index contributed by atoms with van der Waals surface area (Å²) in [4.78, 5) is 2.29. The second-order valence-corrected chi connectivity index (χ2v) is 3.04. The van der Waals surface area contributed by atoms with Crippen LogP contribution in [0, 0.1) is 0 Å². The molecule has 0 aliphatic carbocycles. The van der Waals surface area contributed by atoms with Crippen molar-refractivity contribution < 1.29 is 4.39 Å². The maximum atomic E-state index is 12.6. The molecule has 2 heteroatoms. The smallest absolute Gasteiger partial charge is 0.103 e. The predicted octanol–water partition coefficient (Wildman–Crippen LogP) is 2.00. The van der Waals surface area contributed by atoms with E-state index in [9.17, 15) is 4.39 Å². The van der Waals surface area contributed by atoms with Crippen LogP contribution < -0.4 is 0 Å². The number of hydrogen-bond acceptors (Lipinski definition) is 1. The summed E-state index contributed by atoms with van der Waals surface area (Å²) in [5.74, 6) is 0. The van der Waals surface area contributed by atoms with E-state index in [0.717, 1.165) is 32.5 Å². The van der Waals surface area contributed by atoms with E-state index in [1.807, 2.05) is 13.0 Å². The molecular weight excluding hydrogens is 141 g/mol. The Balaban J connectivity index is 2.17. The molecule has 0 amide bonds. The highest BCUT2D eigenvalue weighted by Gasteiger charge is 2.16. The molecule has 1 heterocycles. The zero-order valence-electron chi connectivity index (χ0n) is 7.09. The van der Waals surface area contributed by atoms with Gasteiger partial charge in [-0.3, -0.25) is 4.90 Å². The first-order valence-corrected chi connectivity index (χ1v) is 4.30. The lowest BCUT2D eigenvalue weighted by atomic mass is 10.1. The number of piperidine rings is 1. The fraction of sp³-hybridized carbons (Fsp3) is 0.778. The number of likely N-dealkylation sites (tertiary alicyclic amines) is 1.